The Bertz CT molecular complexity index is 717. The van der Waals surface area contributed by atoms with Crippen molar-refractivity contribution < 1.29 is 13.8 Å². The normalized spacial score (nSPS) is 12.5. The van der Waals surface area contributed by atoms with Gasteiger partial charge in [0, 0.05) is 23.8 Å². The predicted molar refractivity (Wildman–Crippen MR) is 89.0 cm³/mol. The van der Waals surface area contributed by atoms with Gasteiger partial charge < -0.3 is 14.4 Å². The molecule has 2 aromatic heterocycles. The van der Waals surface area contributed by atoms with E-state index in [-0.39, 0.29) is 16.7 Å². The molecule has 0 spiro atoms. The van der Waals surface area contributed by atoms with Crippen LogP contribution in [0.2, 0.25) is 0 Å². The van der Waals surface area contributed by atoms with Gasteiger partial charge in [-0.15, -0.1) is 0 Å². The summed E-state index contributed by atoms with van der Waals surface area (Å²) in [7, 11) is 0. The average Bonchev–Trinajstić information content (AvgIpc) is 3.03. The summed E-state index contributed by atoms with van der Waals surface area (Å²) in [5.41, 5.74) is 0.716. The van der Waals surface area contributed by atoms with Crippen LogP contribution >= 0.6 is 0 Å². The standard InChI is InChI=1S/C17H26N4O3/c1-10-12(13(21-23-10)16(2,3)4)14(22)18-9-8-11-19-15(24-20-11)17(5,6)7/h8-9H2,1-7H3,(H,18,22). The minimum Gasteiger partial charge on any atom is -0.361 e. The molecular formula is C17H26N4O3. The van der Waals surface area contributed by atoms with Gasteiger partial charge in [-0.2, -0.15) is 4.98 Å². The molecule has 1 amide bonds. The highest BCUT2D eigenvalue weighted by Gasteiger charge is 2.28. The molecule has 2 heterocycles. The van der Waals surface area contributed by atoms with E-state index in [0.29, 0.717) is 41.7 Å². The molecule has 0 unspecified atom stereocenters. The molecular weight excluding hydrogens is 308 g/mol. The Kier molecular flexibility index (Phi) is 4.82. The van der Waals surface area contributed by atoms with Gasteiger partial charge in [0.2, 0.25) is 5.89 Å². The lowest BCUT2D eigenvalue weighted by atomic mass is 9.88. The van der Waals surface area contributed by atoms with E-state index >= 15 is 0 Å². The van der Waals surface area contributed by atoms with Crippen molar-refractivity contribution in [2.75, 3.05) is 6.54 Å². The first kappa shape index (κ1) is 18.2. The molecule has 0 saturated heterocycles. The molecule has 0 aromatic carbocycles. The SMILES string of the molecule is Cc1onc(C(C)(C)C)c1C(=O)NCCc1noc(C(C)(C)C)n1. The zero-order valence-corrected chi connectivity index (χ0v) is 15.5. The third-order valence-corrected chi connectivity index (χ3v) is 3.54. The molecule has 0 fully saturated rings. The topological polar surface area (TPSA) is 94.1 Å². The second-order valence-electron chi connectivity index (χ2n) is 7.98. The zero-order valence-electron chi connectivity index (χ0n) is 15.5. The second-order valence-corrected chi connectivity index (χ2v) is 7.98. The number of nitrogens with one attached hydrogen (secondary N) is 1. The van der Waals surface area contributed by atoms with Crippen LogP contribution in [0.5, 0.6) is 0 Å². The quantitative estimate of drug-likeness (QED) is 0.924. The minimum absolute atomic E-state index is 0.185. The highest BCUT2D eigenvalue weighted by molar-refractivity contribution is 5.96. The van der Waals surface area contributed by atoms with Crippen LogP contribution in [0, 0.1) is 6.92 Å². The molecule has 7 nitrogen and oxygen atoms in total. The first-order valence-electron chi connectivity index (χ1n) is 8.08. The first-order valence-corrected chi connectivity index (χ1v) is 8.08. The van der Waals surface area contributed by atoms with Gasteiger partial charge in [-0.25, -0.2) is 0 Å². The first-order chi connectivity index (χ1) is 11.0. The predicted octanol–water partition coefficient (Wildman–Crippen LogP) is 2.93. The van der Waals surface area contributed by atoms with Gasteiger partial charge in [-0.3, -0.25) is 4.79 Å². The molecule has 0 bridgehead atoms. The van der Waals surface area contributed by atoms with Gasteiger partial charge >= 0.3 is 0 Å². The fourth-order valence-electron chi connectivity index (χ4n) is 2.19. The Balaban J connectivity index is 2.00. The van der Waals surface area contributed by atoms with Crippen LogP contribution in [-0.2, 0) is 17.3 Å². The van der Waals surface area contributed by atoms with Crippen molar-refractivity contribution in [2.24, 2.45) is 0 Å². The number of hydrogen-bond donors (Lipinski definition) is 1. The summed E-state index contributed by atoms with van der Waals surface area (Å²) in [6.07, 6.45) is 0.500. The lowest BCUT2D eigenvalue weighted by Crippen LogP contribution is -2.29. The number of carbonyl (C=O) groups is 1. The number of rotatable bonds is 4. The van der Waals surface area contributed by atoms with Crippen molar-refractivity contribution in [3.63, 3.8) is 0 Å². The number of aryl methyl sites for hydroxylation is 1. The summed E-state index contributed by atoms with van der Waals surface area (Å²) in [4.78, 5) is 16.8. The fourth-order valence-corrected chi connectivity index (χ4v) is 2.19. The molecule has 1 N–H and O–H groups in total. The summed E-state index contributed by atoms with van der Waals surface area (Å²) in [5, 5.41) is 10.9. The van der Waals surface area contributed by atoms with E-state index < -0.39 is 0 Å². The summed E-state index contributed by atoms with van der Waals surface area (Å²) in [6, 6.07) is 0. The number of aromatic nitrogens is 3. The van der Waals surface area contributed by atoms with Gasteiger partial charge in [0.05, 0.1) is 0 Å². The van der Waals surface area contributed by atoms with E-state index in [9.17, 15) is 4.79 Å². The van der Waals surface area contributed by atoms with Crippen LogP contribution in [0.25, 0.3) is 0 Å². The third kappa shape index (κ3) is 4.01. The number of carbonyl (C=O) groups excluding carboxylic acids is 1. The van der Waals surface area contributed by atoms with Crippen molar-refractivity contribution in [3.8, 4) is 0 Å². The van der Waals surface area contributed by atoms with Crippen molar-refractivity contribution in [1.82, 2.24) is 20.6 Å². The Morgan fingerprint density at radius 2 is 1.71 bits per heavy atom. The van der Waals surface area contributed by atoms with E-state index in [1.807, 2.05) is 41.5 Å². The molecule has 0 radical (unpaired) electrons. The highest BCUT2D eigenvalue weighted by Crippen LogP contribution is 2.26. The van der Waals surface area contributed by atoms with E-state index in [2.05, 4.69) is 20.6 Å². The molecule has 0 saturated carbocycles. The van der Waals surface area contributed by atoms with Gasteiger partial charge in [0.25, 0.3) is 5.91 Å². The van der Waals surface area contributed by atoms with Crippen LogP contribution in [0.15, 0.2) is 9.05 Å². The maximum Gasteiger partial charge on any atom is 0.256 e. The van der Waals surface area contributed by atoms with E-state index in [0.717, 1.165) is 0 Å². The molecule has 0 atom stereocenters. The molecule has 0 aliphatic carbocycles. The average molecular weight is 334 g/mol. The Morgan fingerprint density at radius 1 is 1.04 bits per heavy atom. The molecule has 132 valence electrons. The Morgan fingerprint density at radius 3 is 2.25 bits per heavy atom. The van der Waals surface area contributed by atoms with Crippen LogP contribution in [-0.4, -0.2) is 27.7 Å². The number of nitrogens with zero attached hydrogens (tertiary/aromatic N) is 3. The maximum absolute atomic E-state index is 12.5. The van der Waals surface area contributed by atoms with Gasteiger partial charge in [0.15, 0.2) is 5.82 Å². The molecule has 7 heteroatoms. The van der Waals surface area contributed by atoms with E-state index in [1.165, 1.54) is 0 Å². The molecule has 2 rings (SSSR count). The largest absolute Gasteiger partial charge is 0.361 e. The van der Waals surface area contributed by atoms with E-state index in [4.69, 9.17) is 9.05 Å². The van der Waals surface area contributed by atoms with E-state index in [1.54, 1.807) is 6.92 Å². The summed E-state index contributed by atoms with van der Waals surface area (Å²) in [6.45, 7) is 14.2. The molecule has 0 aliphatic rings. The molecule has 0 aliphatic heterocycles. The minimum atomic E-state index is -0.264. The third-order valence-electron chi connectivity index (χ3n) is 3.54. The number of hydrogen-bond acceptors (Lipinski definition) is 6. The highest BCUT2D eigenvalue weighted by atomic mass is 16.5. The van der Waals surface area contributed by atoms with Crippen molar-refractivity contribution >= 4 is 5.91 Å². The maximum atomic E-state index is 12.5. The molecule has 2 aromatic rings. The van der Waals surface area contributed by atoms with Gasteiger partial charge in [-0.1, -0.05) is 51.9 Å². The molecule has 24 heavy (non-hydrogen) atoms. The smallest absolute Gasteiger partial charge is 0.256 e. The van der Waals surface area contributed by atoms with Crippen LogP contribution < -0.4 is 5.32 Å². The van der Waals surface area contributed by atoms with Crippen LogP contribution in [0.3, 0.4) is 0 Å². The Labute approximate surface area is 142 Å². The second kappa shape index (κ2) is 6.37. The van der Waals surface area contributed by atoms with Crippen molar-refractivity contribution in [1.29, 1.82) is 0 Å². The monoisotopic (exact) mass is 334 g/mol. The van der Waals surface area contributed by atoms with Gasteiger partial charge in [-0.05, 0) is 6.92 Å². The summed E-state index contributed by atoms with van der Waals surface area (Å²) < 4.78 is 10.4. The zero-order chi connectivity index (χ0) is 18.1. The fraction of sp³-hybridized carbons (Fsp3) is 0.647. The van der Waals surface area contributed by atoms with Crippen LogP contribution in [0.4, 0.5) is 0 Å². The summed E-state index contributed by atoms with van der Waals surface area (Å²) in [5.74, 6) is 1.50. The Hall–Kier alpha value is -2.18. The number of amides is 1. The van der Waals surface area contributed by atoms with Crippen molar-refractivity contribution in [3.05, 3.63) is 28.7 Å². The van der Waals surface area contributed by atoms with Crippen LogP contribution in [0.1, 0.15) is 75.1 Å². The van der Waals surface area contributed by atoms with Crippen molar-refractivity contribution in [2.45, 2.75) is 65.7 Å². The lowest BCUT2D eigenvalue weighted by molar-refractivity contribution is 0.0950. The lowest BCUT2D eigenvalue weighted by Gasteiger charge is -2.16. The summed E-state index contributed by atoms with van der Waals surface area (Å²) >= 11 is 0. The van der Waals surface area contributed by atoms with Gasteiger partial charge in [0.1, 0.15) is 17.0 Å².